The highest BCUT2D eigenvalue weighted by Gasteiger charge is 2.01. The van der Waals surface area contributed by atoms with Crippen LogP contribution in [-0.2, 0) is 11.3 Å². The zero-order valence-electron chi connectivity index (χ0n) is 7.66. The maximum Gasteiger partial charge on any atom is 0.164 e. The van der Waals surface area contributed by atoms with Gasteiger partial charge in [-0.3, -0.25) is 4.68 Å². The first kappa shape index (κ1) is 10.3. The van der Waals surface area contributed by atoms with Crippen LogP contribution in [0.4, 0.5) is 5.82 Å². The number of halogens is 1. The molecule has 1 rings (SSSR count). The van der Waals surface area contributed by atoms with Crippen LogP contribution < -0.4 is 5.73 Å². The Kier molecular flexibility index (Phi) is 4.05. The minimum absolute atomic E-state index is 0.372. The van der Waals surface area contributed by atoms with Gasteiger partial charge in [0, 0.05) is 12.8 Å². The summed E-state index contributed by atoms with van der Waals surface area (Å²) in [6.45, 7) is 4.19. The predicted molar refractivity (Wildman–Crippen MR) is 52.8 cm³/mol. The smallest absolute Gasteiger partial charge is 0.164 e. The lowest BCUT2D eigenvalue weighted by molar-refractivity contribution is 0.124. The third kappa shape index (κ3) is 3.24. The molecule has 0 fully saturated rings. The molecule has 0 saturated heterocycles. The van der Waals surface area contributed by atoms with Crippen LogP contribution in [0.1, 0.15) is 13.3 Å². The predicted octanol–water partition coefficient (Wildman–Crippen LogP) is 1.55. The van der Waals surface area contributed by atoms with Crippen LogP contribution in [0.15, 0.2) is 6.20 Å². The van der Waals surface area contributed by atoms with E-state index >= 15 is 0 Å². The van der Waals surface area contributed by atoms with Gasteiger partial charge in [-0.25, -0.2) is 0 Å². The van der Waals surface area contributed by atoms with Gasteiger partial charge in [0.05, 0.1) is 13.2 Å². The van der Waals surface area contributed by atoms with Gasteiger partial charge in [-0.2, -0.15) is 5.10 Å². The average molecular weight is 204 g/mol. The van der Waals surface area contributed by atoms with Gasteiger partial charge >= 0.3 is 0 Å². The fraction of sp³-hybridized carbons (Fsp3) is 0.625. The molecule has 0 aliphatic carbocycles. The van der Waals surface area contributed by atoms with Crippen LogP contribution in [0.5, 0.6) is 0 Å². The van der Waals surface area contributed by atoms with Gasteiger partial charge in [-0.1, -0.05) is 18.5 Å². The molecule has 0 unspecified atom stereocenters. The molecule has 0 saturated carbocycles. The van der Waals surface area contributed by atoms with Crippen LogP contribution in [0.25, 0.3) is 0 Å². The Labute approximate surface area is 82.6 Å². The molecule has 4 nitrogen and oxygen atoms in total. The summed E-state index contributed by atoms with van der Waals surface area (Å²) in [5.74, 6) is 0.372. The fourth-order valence-electron chi connectivity index (χ4n) is 0.931. The highest BCUT2D eigenvalue weighted by atomic mass is 35.5. The first-order chi connectivity index (χ1) is 6.24. The Morgan fingerprint density at radius 3 is 2.92 bits per heavy atom. The molecule has 0 bridgehead atoms. The Balaban J connectivity index is 2.29. The molecule has 1 aromatic rings. The van der Waals surface area contributed by atoms with E-state index in [9.17, 15) is 0 Å². The van der Waals surface area contributed by atoms with E-state index in [4.69, 9.17) is 22.1 Å². The van der Waals surface area contributed by atoms with E-state index in [1.165, 1.54) is 0 Å². The number of nitrogens with two attached hydrogens (primary N) is 1. The van der Waals surface area contributed by atoms with Gasteiger partial charge in [0.1, 0.15) is 5.02 Å². The molecule has 74 valence electrons. The van der Waals surface area contributed by atoms with Crippen LogP contribution in [0.2, 0.25) is 5.02 Å². The lowest BCUT2D eigenvalue weighted by Gasteiger charge is -2.01. The standard InChI is InChI=1S/C8H14ClN3O/c1-2-4-13-5-3-12-6-7(9)8(10)11-12/h6H,2-5H2,1H3,(H2,10,11). The van der Waals surface area contributed by atoms with Crippen molar-refractivity contribution in [1.82, 2.24) is 9.78 Å². The molecular weight excluding hydrogens is 190 g/mol. The van der Waals surface area contributed by atoms with Crippen molar-refractivity contribution < 1.29 is 4.74 Å². The van der Waals surface area contributed by atoms with E-state index in [2.05, 4.69) is 12.0 Å². The minimum atomic E-state index is 0.372. The summed E-state index contributed by atoms with van der Waals surface area (Å²) in [4.78, 5) is 0. The van der Waals surface area contributed by atoms with E-state index in [1.54, 1.807) is 10.9 Å². The maximum absolute atomic E-state index is 5.72. The van der Waals surface area contributed by atoms with Crippen molar-refractivity contribution in [2.24, 2.45) is 0 Å². The number of ether oxygens (including phenoxy) is 1. The zero-order chi connectivity index (χ0) is 9.68. The summed E-state index contributed by atoms with van der Waals surface area (Å²) >= 11 is 5.72. The summed E-state index contributed by atoms with van der Waals surface area (Å²) in [5.41, 5.74) is 5.47. The second-order valence-electron chi connectivity index (χ2n) is 2.74. The first-order valence-corrected chi connectivity index (χ1v) is 4.68. The number of rotatable bonds is 5. The van der Waals surface area contributed by atoms with Gasteiger partial charge in [0.15, 0.2) is 5.82 Å². The minimum Gasteiger partial charge on any atom is -0.381 e. The Hall–Kier alpha value is -0.740. The number of nitrogens with zero attached hydrogens (tertiary/aromatic N) is 2. The van der Waals surface area contributed by atoms with Crippen molar-refractivity contribution in [1.29, 1.82) is 0 Å². The molecule has 0 aliphatic rings. The van der Waals surface area contributed by atoms with Crippen molar-refractivity contribution >= 4 is 17.4 Å². The third-order valence-corrected chi connectivity index (χ3v) is 1.85. The second-order valence-corrected chi connectivity index (χ2v) is 3.14. The molecule has 2 N–H and O–H groups in total. The highest BCUT2D eigenvalue weighted by molar-refractivity contribution is 6.32. The molecule has 0 atom stereocenters. The van der Waals surface area contributed by atoms with Crippen molar-refractivity contribution in [3.8, 4) is 0 Å². The molecule has 5 heteroatoms. The Bertz CT molecular complexity index is 242. The Morgan fingerprint density at radius 2 is 2.38 bits per heavy atom. The van der Waals surface area contributed by atoms with Crippen LogP contribution in [0.3, 0.4) is 0 Å². The molecular formula is C8H14ClN3O. The molecule has 0 aromatic carbocycles. The average Bonchev–Trinajstić information content (AvgIpc) is 2.41. The van der Waals surface area contributed by atoms with E-state index in [0.717, 1.165) is 13.0 Å². The van der Waals surface area contributed by atoms with Gasteiger partial charge in [0.25, 0.3) is 0 Å². The monoisotopic (exact) mass is 203 g/mol. The van der Waals surface area contributed by atoms with E-state index in [-0.39, 0.29) is 0 Å². The molecule has 0 spiro atoms. The normalized spacial score (nSPS) is 10.6. The van der Waals surface area contributed by atoms with E-state index in [1.807, 2.05) is 0 Å². The molecule has 13 heavy (non-hydrogen) atoms. The zero-order valence-corrected chi connectivity index (χ0v) is 8.42. The number of hydrogen-bond acceptors (Lipinski definition) is 3. The first-order valence-electron chi connectivity index (χ1n) is 4.30. The van der Waals surface area contributed by atoms with Crippen molar-refractivity contribution in [3.05, 3.63) is 11.2 Å². The lowest BCUT2D eigenvalue weighted by atomic mass is 10.5. The summed E-state index contributed by atoms with van der Waals surface area (Å²) in [7, 11) is 0. The topological polar surface area (TPSA) is 53.1 Å². The van der Waals surface area contributed by atoms with E-state index < -0.39 is 0 Å². The van der Waals surface area contributed by atoms with Crippen LogP contribution >= 0.6 is 11.6 Å². The van der Waals surface area contributed by atoms with Crippen molar-refractivity contribution in [3.63, 3.8) is 0 Å². The third-order valence-electron chi connectivity index (χ3n) is 1.56. The lowest BCUT2D eigenvalue weighted by Crippen LogP contribution is -2.07. The van der Waals surface area contributed by atoms with Gasteiger partial charge in [-0.05, 0) is 6.42 Å². The molecule has 1 heterocycles. The van der Waals surface area contributed by atoms with Crippen LogP contribution in [-0.4, -0.2) is 23.0 Å². The summed E-state index contributed by atoms with van der Waals surface area (Å²) in [6, 6.07) is 0. The van der Waals surface area contributed by atoms with Crippen molar-refractivity contribution in [2.75, 3.05) is 18.9 Å². The van der Waals surface area contributed by atoms with Gasteiger partial charge < -0.3 is 10.5 Å². The fourth-order valence-corrected chi connectivity index (χ4v) is 1.08. The van der Waals surface area contributed by atoms with Gasteiger partial charge in [0.2, 0.25) is 0 Å². The largest absolute Gasteiger partial charge is 0.381 e. The van der Waals surface area contributed by atoms with Crippen molar-refractivity contribution in [2.45, 2.75) is 19.9 Å². The van der Waals surface area contributed by atoms with Gasteiger partial charge in [-0.15, -0.1) is 0 Å². The SMILES string of the molecule is CCCOCCn1cc(Cl)c(N)n1. The maximum atomic E-state index is 5.72. The quantitative estimate of drug-likeness (QED) is 0.739. The molecule has 1 aromatic heterocycles. The van der Waals surface area contributed by atoms with E-state index in [0.29, 0.717) is 24.0 Å². The molecule has 0 radical (unpaired) electrons. The second kappa shape index (κ2) is 5.09. The number of hydrogen-bond donors (Lipinski definition) is 1. The highest BCUT2D eigenvalue weighted by Crippen LogP contribution is 2.14. The summed E-state index contributed by atoms with van der Waals surface area (Å²) < 4.78 is 6.98. The number of anilines is 1. The molecule has 0 aliphatic heterocycles. The number of aromatic nitrogens is 2. The molecule has 0 amide bonds. The number of nitrogen functional groups attached to an aromatic ring is 1. The summed E-state index contributed by atoms with van der Waals surface area (Å²) in [5, 5.41) is 4.49. The van der Waals surface area contributed by atoms with Crippen LogP contribution in [0, 0.1) is 0 Å². The summed E-state index contributed by atoms with van der Waals surface area (Å²) in [6.07, 6.45) is 2.73. The Morgan fingerprint density at radius 1 is 1.62 bits per heavy atom.